The lowest BCUT2D eigenvalue weighted by Gasteiger charge is -1.95. The second kappa shape index (κ2) is 2.40. The molecule has 62 valence electrons. The number of nitrogens with zero attached hydrogens (tertiary/aromatic N) is 5. The fourth-order valence-electron chi connectivity index (χ4n) is 1.05. The first-order valence-corrected chi connectivity index (χ1v) is 3.62. The van der Waals surface area contributed by atoms with Crippen LogP contribution in [0.3, 0.4) is 0 Å². The lowest BCUT2D eigenvalue weighted by atomic mass is 10.5. The van der Waals surface area contributed by atoms with Crippen LogP contribution in [0.5, 0.6) is 0 Å². The zero-order valence-corrected chi connectivity index (χ0v) is 6.60. The summed E-state index contributed by atoms with van der Waals surface area (Å²) in [7, 11) is 0. The van der Waals surface area contributed by atoms with Crippen molar-refractivity contribution in [2.24, 2.45) is 0 Å². The van der Waals surface area contributed by atoms with Crippen molar-refractivity contribution >= 4 is 17.0 Å². The molecule has 6 nitrogen and oxygen atoms in total. The molecule has 0 saturated carbocycles. The molecular formula is C6H8N6. The van der Waals surface area contributed by atoms with E-state index in [0.717, 1.165) is 6.54 Å². The van der Waals surface area contributed by atoms with Gasteiger partial charge in [0.1, 0.15) is 0 Å². The molecule has 0 aliphatic rings. The molecule has 0 aliphatic heterocycles. The number of aryl methyl sites for hydroxylation is 1. The van der Waals surface area contributed by atoms with Gasteiger partial charge in [-0.25, -0.2) is 4.98 Å². The number of rotatable bonds is 1. The number of imidazole rings is 1. The van der Waals surface area contributed by atoms with E-state index in [1.807, 2.05) is 11.5 Å². The monoisotopic (exact) mass is 164 g/mol. The van der Waals surface area contributed by atoms with Gasteiger partial charge in [-0.15, -0.1) is 10.2 Å². The minimum Gasteiger partial charge on any atom is -0.380 e. The Labute approximate surface area is 68.4 Å². The van der Waals surface area contributed by atoms with Gasteiger partial charge in [0.2, 0.25) is 0 Å². The van der Waals surface area contributed by atoms with E-state index in [2.05, 4.69) is 20.4 Å². The average molecular weight is 164 g/mol. The minimum atomic E-state index is 0.326. The van der Waals surface area contributed by atoms with E-state index in [0.29, 0.717) is 17.0 Å². The molecule has 0 aromatic carbocycles. The van der Waals surface area contributed by atoms with Crippen molar-refractivity contribution in [2.75, 3.05) is 5.73 Å². The van der Waals surface area contributed by atoms with Gasteiger partial charge in [0.15, 0.2) is 17.0 Å². The standard InChI is InChI=1S/C6H8N6/c1-2-12-3-8-4-5(7)9-11-10-6(4)12/h3H,2H2,1H3,(H2,7,9,10). The van der Waals surface area contributed by atoms with Crippen molar-refractivity contribution < 1.29 is 0 Å². The highest BCUT2D eigenvalue weighted by molar-refractivity contribution is 5.80. The van der Waals surface area contributed by atoms with Crippen LogP contribution in [0, 0.1) is 0 Å². The molecule has 0 fully saturated rings. The minimum absolute atomic E-state index is 0.326. The lowest BCUT2D eigenvalue weighted by Crippen LogP contribution is -1.99. The van der Waals surface area contributed by atoms with Gasteiger partial charge in [-0.05, 0) is 12.1 Å². The van der Waals surface area contributed by atoms with Crippen LogP contribution < -0.4 is 5.73 Å². The molecule has 2 N–H and O–H groups in total. The topological polar surface area (TPSA) is 82.5 Å². The number of nitrogens with two attached hydrogens (primary N) is 1. The third kappa shape index (κ3) is 0.810. The number of nitrogen functional groups attached to an aromatic ring is 1. The predicted octanol–water partition coefficient (Wildman–Crippen LogP) is -0.177. The van der Waals surface area contributed by atoms with Crippen LogP contribution in [0.15, 0.2) is 6.33 Å². The molecule has 6 heteroatoms. The largest absolute Gasteiger partial charge is 0.380 e. The van der Waals surface area contributed by atoms with E-state index < -0.39 is 0 Å². The van der Waals surface area contributed by atoms with Crippen LogP contribution in [0.2, 0.25) is 0 Å². The first-order chi connectivity index (χ1) is 5.83. The van der Waals surface area contributed by atoms with E-state index in [9.17, 15) is 0 Å². The van der Waals surface area contributed by atoms with Crippen molar-refractivity contribution in [2.45, 2.75) is 13.5 Å². The molecule has 2 rings (SSSR count). The molecule has 0 saturated heterocycles. The number of fused-ring (bicyclic) bond motifs is 1. The van der Waals surface area contributed by atoms with Crippen LogP contribution in [0.1, 0.15) is 6.92 Å². The van der Waals surface area contributed by atoms with Crippen molar-refractivity contribution in [1.29, 1.82) is 0 Å². The third-order valence-electron chi connectivity index (χ3n) is 1.69. The molecule has 0 amide bonds. The molecule has 0 atom stereocenters. The maximum atomic E-state index is 5.53. The highest BCUT2D eigenvalue weighted by atomic mass is 15.4. The van der Waals surface area contributed by atoms with E-state index in [1.54, 1.807) is 6.33 Å². The van der Waals surface area contributed by atoms with Gasteiger partial charge in [-0.3, -0.25) is 0 Å². The van der Waals surface area contributed by atoms with Gasteiger partial charge in [-0.1, -0.05) is 0 Å². The van der Waals surface area contributed by atoms with Crippen LogP contribution in [0.4, 0.5) is 5.82 Å². The Morgan fingerprint density at radius 1 is 1.50 bits per heavy atom. The molecule has 0 unspecified atom stereocenters. The highest BCUT2D eigenvalue weighted by Crippen LogP contribution is 2.12. The number of hydrogen-bond donors (Lipinski definition) is 1. The molecule has 2 aromatic heterocycles. The van der Waals surface area contributed by atoms with Gasteiger partial charge in [0.25, 0.3) is 0 Å². The Kier molecular flexibility index (Phi) is 1.39. The van der Waals surface area contributed by atoms with Crippen LogP contribution in [0.25, 0.3) is 11.2 Å². The van der Waals surface area contributed by atoms with E-state index in [-0.39, 0.29) is 0 Å². The first-order valence-electron chi connectivity index (χ1n) is 3.62. The summed E-state index contributed by atoms with van der Waals surface area (Å²) in [6.07, 6.45) is 1.68. The normalized spacial score (nSPS) is 10.8. The quantitative estimate of drug-likeness (QED) is 0.632. The van der Waals surface area contributed by atoms with E-state index in [4.69, 9.17) is 5.73 Å². The summed E-state index contributed by atoms with van der Waals surface area (Å²) in [5, 5.41) is 10.9. The molecule has 12 heavy (non-hydrogen) atoms. The fraction of sp³-hybridized carbons (Fsp3) is 0.333. The van der Waals surface area contributed by atoms with E-state index in [1.165, 1.54) is 0 Å². The Bertz CT molecular complexity index is 405. The van der Waals surface area contributed by atoms with Crippen LogP contribution in [-0.2, 0) is 6.54 Å². The summed E-state index contributed by atoms with van der Waals surface area (Å²) in [5.41, 5.74) is 6.84. The van der Waals surface area contributed by atoms with Gasteiger partial charge < -0.3 is 10.3 Å². The second-order valence-electron chi connectivity index (χ2n) is 2.38. The lowest BCUT2D eigenvalue weighted by molar-refractivity contribution is 0.761. The van der Waals surface area contributed by atoms with Gasteiger partial charge in [0.05, 0.1) is 6.33 Å². The Hall–Kier alpha value is -1.72. The maximum Gasteiger partial charge on any atom is 0.188 e. The van der Waals surface area contributed by atoms with Gasteiger partial charge in [0, 0.05) is 6.54 Å². The second-order valence-corrected chi connectivity index (χ2v) is 2.38. The zero-order chi connectivity index (χ0) is 8.55. The van der Waals surface area contributed by atoms with Crippen molar-refractivity contribution in [3.05, 3.63) is 6.33 Å². The van der Waals surface area contributed by atoms with Crippen LogP contribution >= 0.6 is 0 Å². The molecule has 0 bridgehead atoms. The predicted molar refractivity (Wildman–Crippen MR) is 43.2 cm³/mol. The fourth-order valence-corrected chi connectivity index (χ4v) is 1.05. The summed E-state index contributed by atoms with van der Waals surface area (Å²) < 4.78 is 1.86. The third-order valence-corrected chi connectivity index (χ3v) is 1.69. The summed E-state index contributed by atoms with van der Waals surface area (Å²) in [6.45, 7) is 2.80. The summed E-state index contributed by atoms with van der Waals surface area (Å²) in [5.74, 6) is 0.326. The molecule has 2 aromatic rings. The smallest absolute Gasteiger partial charge is 0.188 e. The van der Waals surface area contributed by atoms with Gasteiger partial charge in [-0.2, -0.15) is 0 Å². The Morgan fingerprint density at radius 2 is 2.33 bits per heavy atom. The number of aromatic nitrogens is 5. The van der Waals surface area contributed by atoms with E-state index >= 15 is 0 Å². The van der Waals surface area contributed by atoms with Crippen molar-refractivity contribution in [3.8, 4) is 0 Å². The zero-order valence-electron chi connectivity index (χ0n) is 6.60. The number of anilines is 1. The Balaban J connectivity index is 2.80. The molecular weight excluding hydrogens is 156 g/mol. The summed E-state index contributed by atoms with van der Waals surface area (Å²) in [4.78, 5) is 4.06. The molecule has 0 spiro atoms. The van der Waals surface area contributed by atoms with Crippen molar-refractivity contribution in [1.82, 2.24) is 25.0 Å². The van der Waals surface area contributed by atoms with Crippen molar-refractivity contribution in [3.63, 3.8) is 0 Å². The average Bonchev–Trinajstić information content (AvgIpc) is 2.49. The molecule has 0 radical (unpaired) electrons. The molecule has 0 aliphatic carbocycles. The summed E-state index contributed by atoms with van der Waals surface area (Å²) in [6, 6.07) is 0. The highest BCUT2D eigenvalue weighted by Gasteiger charge is 2.06. The Morgan fingerprint density at radius 3 is 3.08 bits per heavy atom. The summed E-state index contributed by atoms with van der Waals surface area (Å²) >= 11 is 0. The SMILES string of the molecule is CCn1cnc2c(N)nnnc21. The number of hydrogen-bond acceptors (Lipinski definition) is 5. The van der Waals surface area contributed by atoms with Gasteiger partial charge >= 0.3 is 0 Å². The maximum absolute atomic E-state index is 5.53. The molecule has 2 heterocycles. The van der Waals surface area contributed by atoms with Crippen LogP contribution in [-0.4, -0.2) is 25.0 Å². The first kappa shape index (κ1) is 6.96.